The average Bonchev–Trinajstić information content (AvgIpc) is 2.86. The van der Waals surface area contributed by atoms with Crippen molar-refractivity contribution in [3.63, 3.8) is 0 Å². The largest absolute Gasteiger partial charge is 0.464 e. The van der Waals surface area contributed by atoms with Crippen LogP contribution >= 0.6 is 11.3 Å². The average molecular weight is 251 g/mol. The van der Waals surface area contributed by atoms with Crippen LogP contribution < -0.4 is 10.6 Å². The molecule has 17 heavy (non-hydrogen) atoms. The highest BCUT2D eigenvalue weighted by molar-refractivity contribution is 7.15. The minimum atomic E-state index is 0.0421. The number of hydrogen-bond donors (Lipinski definition) is 1. The van der Waals surface area contributed by atoms with E-state index in [2.05, 4.69) is 9.88 Å². The second kappa shape index (κ2) is 4.89. The molecule has 92 valence electrons. The van der Waals surface area contributed by atoms with Crippen LogP contribution in [-0.4, -0.2) is 12.0 Å². The minimum absolute atomic E-state index is 0.0421. The maximum Gasteiger partial charge on any atom is 0.185 e. The van der Waals surface area contributed by atoms with E-state index in [1.807, 2.05) is 39.2 Å². The summed E-state index contributed by atoms with van der Waals surface area (Å²) >= 11 is 1.62. The van der Waals surface area contributed by atoms with Gasteiger partial charge >= 0.3 is 0 Å². The van der Waals surface area contributed by atoms with Crippen molar-refractivity contribution in [3.05, 3.63) is 34.7 Å². The summed E-state index contributed by atoms with van der Waals surface area (Å²) in [5, 5.41) is 0.964. The fourth-order valence-corrected chi connectivity index (χ4v) is 2.36. The Morgan fingerprint density at radius 3 is 2.82 bits per heavy atom. The zero-order chi connectivity index (χ0) is 12.4. The molecule has 4 nitrogen and oxygen atoms in total. The predicted octanol–water partition coefficient (Wildman–Crippen LogP) is 2.70. The monoisotopic (exact) mass is 251 g/mol. The number of thiazole rings is 1. The van der Waals surface area contributed by atoms with Crippen molar-refractivity contribution < 1.29 is 4.42 Å². The molecule has 0 aromatic carbocycles. The Hall–Kier alpha value is -1.33. The summed E-state index contributed by atoms with van der Waals surface area (Å²) in [6.45, 7) is 4.63. The van der Waals surface area contributed by atoms with Crippen molar-refractivity contribution in [1.29, 1.82) is 0 Å². The number of nitrogens with two attached hydrogens (primary N) is 1. The molecular formula is C12H17N3OS. The van der Waals surface area contributed by atoms with Crippen LogP contribution in [0, 0.1) is 6.92 Å². The molecule has 0 amide bonds. The van der Waals surface area contributed by atoms with Gasteiger partial charge in [0.2, 0.25) is 0 Å². The summed E-state index contributed by atoms with van der Waals surface area (Å²) in [7, 11) is 2.00. The number of rotatable bonds is 4. The number of anilines is 1. The summed E-state index contributed by atoms with van der Waals surface area (Å²) < 4.78 is 5.54. The Bertz CT molecular complexity index is 489. The van der Waals surface area contributed by atoms with Gasteiger partial charge < -0.3 is 15.1 Å². The van der Waals surface area contributed by atoms with Crippen LogP contribution in [0.15, 0.2) is 22.7 Å². The van der Waals surface area contributed by atoms with Gasteiger partial charge in [0.1, 0.15) is 11.5 Å². The first-order chi connectivity index (χ1) is 8.06. The molecule has 0 bridgehead atoms. The maximum atomic E-state index is 5.82. The molecule has 0 saturated carbocycles. The van der Waals surface area contributed by atoms with E-state index in [-0.39, 0.29) is 6.04 Å². The standard InChI is InChI=1S/C12H17N3OS/c1-8-4-5-10(16-8)7-15(3)12-14-6-11(17-12)9(2)13/h4-6,9H,7,13H2,1-3H3. The van der Waals surface area contributed by atoms with Gasteiger partial charge in [0.15, 0.2) is 5.13 Å². The third kappa shape index (κ3) is 2.87. The molecule has 0 radical (unpaired) electrons. The fraction of sp³-hybridized carbons (Fsp3) is 0.417. The van der Waals surface area contributed by atoms with Crippen molar-refractivity contribution in [1.82, 2.24) is 4.98 Å². The number of hydrogen-bond acceptors (Lipinski definition) is 5. The molecule has 0 saturated heterocycles. The molecule has 2 rings (SSSR count). The van der Waals surface area contributed by atoms with Gasteiger partial charge in [-0.1, -0.05) is 0 Å². The van der Waals surface area contributed by atoms with Crippen LogP contribution in [0.1, 0.15) is 29.4 Å². The topological polar surface area (TPSA) is 55.3 Å². The molecule has 2 aromatic rings. The molecule has 0 aliphatic rings. The Morgan fingerprint density at radius 1 is 1.53 bits per heavy atom. The van der Waals surface area contributed by atoms with E-state index in [9.17, 15) is 0 Å². The Kier molecular flexibility index (Phi) is 3.49. The van der Waals surface area contributed by atoms with E-state index >= 15 is 0 Å². The Balaban J connectivity index is 2.06. The second-order valence-corrected chi connectivity index (χ2v) is 5.24. The lowest BCUT2D eigenvalue weighted by Crippen LogP contribution is -2.15. The molecule has 2 aromatic heterocycles. The quantitative estimate of drug-likeness (QED) is 0.907. The summed E-state index contributed by atoms with van der Waals surface area (Å²) in [5.74, 6) is 1.88. The highest BCUT2D eigenvalue weighted by Crippen LogP contribution is 2.26. The van der Waals surface area contributed by atoms with Gasteiger partial charge in [-0.15, -0.1) is 11.3 Å². The van der Waals surface area contributed by atoms with Crippen LogP contribution in [0.25, 0.3) is 0 Å². The van der Waals surface area contributed by atoms with Crippen molar-refractivity contribution in [2.24, 2.45) is 5.73 Å². The molecule has 5 heteroatoms. The van der Waals surface area contributed by atoms with Crippen molar-refractivity contribution in [2.75, 3.05) is 11.9 Å². The molecule has 1 atom stereocenters. The summed E-state index contributed by atoms with van der Waals surface area (Å²) in [6, 6.07) is 4.00. The van der Waals surface area contributed by atoms with Gasteiger partial charge in [-0.3, -0.25) is 0 Å². The van der Waals surface area contributed by atoms with Crippen molar-refractivity contribution in [2.45, 2.75) is 26.4 Å². The van der Waals surface area contributed by atoms with Crippen LogP contribution in [-0.2, 0) is 6.54 Å². The lowest BCUT2D eigenvalue weighted by molar-refractivity contribution is 0.481. The van der Waals surface area contributed by atoms with E-state index in [0.29, 0.717) is 0 Å². The normalized spacial score (nSPS) is 12.7. The molecule has 0 spiro atoms. The van der Waals surface area contributed by atoms with Crippen molar-refractivity contribution in [3.8, 4) is 0 Å². The zero-order valence-electron chi connectivity index (χ0n) is 10.3. The van der Waals surface area contributed by atoms with E-state index in [0.717, 1.165) is 28.1 Å². The van der Waals surface area contributed by atoms with Gasteiger partial charge in [0, 0.05) is 24.2 Å². The van der Waals surface area contributed by atoms with Gasteiger partial charge in [0.25, 0.3) is 0 Å². The van der Waals surface area contributed by atoms with Gasteiger partial charge in [-0.25, -0.2) is 4.98 Å². The number of aryl methyl sites for hydroxylation is 1. The van der Waals surface area contributed by atoms with Crippen molar-refractivity contribution >= 4 is 16.5 Å². The molecule has 2 N–H and O–H groups in total. The summed E-state index contributed by atoms with van der Waals surface area (Å²) in [6.07, 6.45) is 1.84. The highest BCUT2D eigenvalue weighted by atomic mass is 32.1. The summed E-state index contributed by atoms with van der Waals surface area (Å²) in [5.41, 5.74) is 5.82. The lowest BCUT2D eigenvalue weighted by atomic mass is 10.3. The number of aromatic nitrogens is 1. The predicted molar refractivity (Wildman–Crippen MR) is 70.3 cm³/mol. The van der Waals surface area contributed by atoms with Crippen LogP contribution in [0.5, 0.6) is 0 Å². The zero-order valence-corrected chi connectivity index (χ0v) is 11.1. The second-order valence-electron chi connectivity index (χ2n) is 4.20. The first kappa shape index (κ1) is 12.1. The van der Waals surface area contributed by atoms with Gasteiger partial charge in [-0.05, 0) is 26.0 Å². The third-order valence-corrected chi connectivity index (χ3v) is 3.79. The smallest absolute Gasteiger partial charge is 0.185 e. The maximum absolute atomic E-state index is 5.82. The first-order valence-corrected chi connectivity index (χ1v) is 6.35. The van der Waals surface area contributed by atoms with Crippen LogP contribution in [0.3, 0.4) is 0 Å². The highest BCUT2D eigenvalue weighted by Gasteiger charge is 2.11. The van der Waals surface area contributed by atoms with Gasteiger partial charge in [-0.2, -0.15) is 0 Å². The van der Waals surface area contributed by atoms with E-state index in [1.165, 1.54) is 0 Å². The number of nitrogens with zero attached hydrogens (tertiary/aromatic N) is 2. The van der Waals surface area contributed by atoms with Crippen LogP contribution in [0.2, 0.25) is 0 Å². The molecule has 0 aliphatic heterocycles. The lowest BCUT2D eigenvalue weighted by Gasteiger charge is -2.13. The SMILES string of the molecule is Cc1ccc(CN(C)c2ncc(C(C)N)s2)o1. The molecule has 0 fully saturated rings. The molecule has 1 unspecified atom stereocenters. The van der Waals surface area contributed by atoms with E-state index in [1.54, 1.807) is 11.3 Å². The third-order valence-electron chi connectivity index (χ3n) is 2.48. The van der Waals surface area contributed by atoms with Gasteiger partial charge in [0.05, 0.1) is 6.54 Å². The summed E-state index contributed by atoms with van der Waals surface area (Å²) in [4.78, 5) is 7.53. The number of furan rings is 1. The molecule has 2 heterocycles. The molecule has 0 aliphatic carbocycles. The minimum Gasteiger partial charge on any atom is -0.464 e. The molecular weight excluding hydrogens is 234 g/mol. The fourth-order valence-electron chi connectivity index (χ4n) is 1.54. The Labute approximate surface area is 105 Å². The Morgan fingerprint density at radius 2 is 2.29 bits per heavy atom. The van der Waals surface area contributed by atoms with E-state index < -0.39 is 0 Å². The first-order valence-electron chi connectivity index (χ1n) is 5.54. The van der Waals surface area contributed by atoms with Crippen LogP contribution in [0.4, 0.5) is 5.13 Å². The van der Waals surface area contributed by atoms with E-state index in [4.69, 9.17) is 10.2 Å².